The van der Waals surface area contributed by atoms with Crippen molar-refractivity contribution in [1.82, 2.24) is 0 Å². The highest BCUT2D eigenvalue weighted by molar-refractivity contribution is 8.03. The fourth-order valence-corrected chi connectivity index (χ4v) is 1.37. The summed E-state index contributed by atoms with van der Waals surface area (Å²) in [6.07, 6.45) is 0. The Labute approximate surface area is 89.1 Å². The van der Waals surface area contributed by atoms with Crippen LogP contribution < -0.4 is 0 Å². The maximum absolute atomic E-state index is 10.5. The maximum Gasteiger partial charge on any atom is 1.00 e. The van der Waals surface area contributed by atoms with E-state index in [1.807, 2.05) is 0 Å². The van der Waals surface area contributed by atoms with Gasteiger partial charge in [0.25, 0.3) is 11.4 Å². The molecular formula is C7H4N3O4S+. The van der Waals surface area contributed by atoms with Gasteiger partial charge in [0.1, 0.15) is 10.3 Å². The van der Waals surface area contributed by atoms with Gasteiger partial charge < -0.3 is 0 Å². The van der Waals surface area contributed by atoms with Gasteiger partial charge in [-0.15, -0.1) is 0 Å². The van der Waals surface area contributed by atoms with E-state index in [1.165, 1.54) is 6.07 Å². The zero-order valence-electron chi connectivity index (χ0n) is 8.11. The first-order valence-corrected chi connectivity index (χ1v) is 4.36. The molecule has 0 aliphatic heterocycles. The Morgan fingerprint density at radius 2 is 2.00 bits per heavy atom. The van der Waals surface area contributed by atoms with E-state index in [9.17, 15) is 20.2 Å². The molecule has 0 bridgehead atoms. The van der Waals surface area contributed by atoms with E-state index < -0.39 is 15.5 Å². The number of hydrogen-bond acceptors (Lipinski definition) is 6. The highest BCUT2D eigenvalue weighted by Gasteiger charge is 2.19. The number of benzene rings is 1. The summed E-state index contributed by atoms with van der Waals surface area (Å²) in [6.45, 7) is 0. The van der Waals surface area contributed by atoms with Gasteiger partial charge in [-0.25, -0.2) is 0 Å². The van der Waals surface area contributed by atoms with Gasteiger partial charge in [0, 0.05) is 6.07 Å². The van der Waals surface area contributed by atoms with E-state index in [4.69, 9.17) is 5.26 Å². The molecule has 15 heavy (non-hydrogen) atoms. The molecule has 0 spiro atoms. The zero-order valence-corrected chi connectivity index (χ0v) is 7.93. The smallest absolute Gasteiger partial charge is 0.258 e. The van der Waals surface area contributed by atoms with Crippen molar-refractivity contribution >= 4 is 23.1 Å². The first-order chi connectivity index (χ1) is 7.06. The van der Waals surface area contributed by atoms with Gasteiger partial charge in [0.15, 0.2) is 0 Å². The molecule has 0 radical (unpaired) electrons. The highest BCUT2D eigenvalue weighted by Crippen LogP contribution is 2.31. The Bertz CT molecular complexity index is 473. The molecular weight excluding hydrogens is 222 g/mol. The average Bonchev–Trinajstić information content (AvgIpc) is 2.18. The topological polar surface area (TPSA) is 110 Å². The summed E-state index contributed by atoms with van der Waals surface area (Å²) in [5, 5.41) is 30.9. The quantitative estimate of drug-likeness (QED) is 0.338. The molecule has 0 aliphatic rings. The van der Waals surface area contributed by atoms with E-state index in [2.05, 4.69) is 0 Å². The standard InChI is InChI=1S/C7H3N3O4S/c8-4-15-7-2-1-5(9(11)12)3-6(7)10(13)14/h1-3H/p+1. The third kappa shape index (κ3) is 2.41. The first kappa shape index (κ1) is 10.9. The van der Waals surface area contributed by atoms with E-state index in [1.54, 1.807) is 5.40 Å². The van der Waals surface area contributed by atoms with Gasteiger partial charge in [0.05, 0.1) is 15.9 Å². The van der Waals surface area contributed by atoms with Crippen LogP contribution in [0.2, 0.25) is 0 Å². The number of nitro benzene ring substituents is 2. The number of thioether (sulfide) groups is 1. The molecule has 0 amide bonds. The molecule has 0 heterocycles. The van der Waals surface area contributed by atoms with E-state index in [-0.39, 0.29) is 12.0 Å². The van der Waals surface area contributed by atoms with Crippen molar-refractivity contribution in [2.75, 3.05) is 0 Å². The van der Waals surface area contributed by atoms with Crippen molar-refractivity contribution < 1.29 is 11.3 Å². The van der Waals surface area contributed by atoms with Crippen LogP contribution in [0.4, 0.5) is 11.4 Å². The molecule has 0 aromatic heterocycles. The van der Waals surface area contributed by atoms with Crippen molar-refractivity contribution in [2.24, 2.45) is 0 Å². The van der Waals surface area contributed by atoms with Crippen LogP contribution in [0.3, 0.4) is 0 Å². The van der Waals surface area contributed by atoms with E-state index >= 15 is 0 Å². The number of nitriles is 1. The number of thiocyanates is 1. The predicted molar refractivity (Wildman–Crippen MR) is 52.3 cm³/mol. The Morgan fingerprint density at radius 3 is 2.47 bits per heavy atom. The molecule has 0 saturated carbocycles. The zero-order chi connectivity index (χ0) is 11.4. The molecule has 0 fully saturated rings. The molecule has 76 valence electrons. The van der Waals surface area contributed by atoms with Crippen molar-refractivity contribution in [2.45, 2.75) is 4.90 Å². The summed E-state index contributed by atoms with van der Waals surface area (Å²) in [7, 11) is 0. The van der Waals surface area contributed by atoms with Crippen LogP contribution >= 0.6 is 11.8 Å². The second-order valence-electron chi connectivity index (χ2n) is 2.36. The summed E-state index contributed by atoms with van der Waals surface area (Å²) in [6, 6.07) is 3.14. The van der Waals surface area contributed by atoms with Gasteiger partial charge >= 0.3 is 1.43 Å². The second kappa shape index (κ2) is 4.39. The van der Waals surface area contributed by atoms with E-state index in [0.717, 1.165) is 12.1 Å². The lowest BCUT2D eigenvalue weighted by Gasteiger charge is -1.96. The van der Waals surface area contributed by atoms with E-state index in [0.29, 0.717) is 11.8 Å². The van der Waals surface area contributed by atoms with Crippen LogP contribution in [0.5, 0.6) is 0 Å². The molecule has 8 heteroatoms. The molecule has 0 unspecified atom stereocenters. The molecule has 0 aliphatic carbocycles. The summed E-state index contributed by atoms with van der Waals surface area (Å²) >= 11 is 0.592. The summed E-state index contributed by atoms with van der Waals surface area (Å²) in [4.78, 5) is 19.5. The normalized spacial score (nSPS) is 9.27. The third-order valence-corrected chi connectivity index (χ3v) is 2.16. The summed E-state index contributed by atoms with van der Waals surface area (Å²) in [5.74, 6) is 0. The molecule has 0 N–H and O–H groups in total. The first-order valence-electron chi connectivity index (χ1n) is 3.55. The monoisotopic (exact) mass is 226 g/mol. The molecule has 1 aromatic rings. The van der Waals surface area contributed by atoms with Crippen molar-refractivity contribution in [1.29, 1.82) is 5.26 Å². The number of rotatable bonds is 3. The maximum atomic E-state index is 10.5. The summed E-state index contributed by atoms with van der Waals surface area (Å²) in [5.41, 5.74) is -0.806. The minimum Gasteiger partial charge on any atom is -0.258 e. The third-order valence-electron chi connectivity index (χ3n) is 1.51. The van der Waals surface area contributed by atoms with Gasteiger partial charge in [-0.2, -0.15) is 5.26 Å². The molecule has 1 aromatic carbocycles. The van der Waals surface area contributed by atoms with Gasteiger partial charge in [-0.1, -0.05) is 0 Å². The van der Waals surface area contributed by atoms with Crippen LogP contribution in [0.15, 0.2) is 23.1 Å². The second-order valence-corrected chi connectivity index (χ2v) is 3.19. The Kier molecular flexibility index (Phi) is 3.20. The fourth-order valence-electron chi connectivity index (χ4n) is 0.897. The largest absolute Gasteiger partial charge is 1.00 e. The lowest BCUT2D eigenvalue weighted by atomic mass is 10.3. The Morgan fingerprint density at radius 1 is 1.33 bits per heavy atom. The molecule has 0 atom stereocenters. The minimum absolute atomic E-state index is 0. The van der Waals surface area contributed by atoms with Crippen molar-refractivity contribution in [3.05, 3.63) is 38.4 Å². The van der Waals surface area contributed by atoms with Crippen molar-refractivity contribution in [3.63, 3.8) is 0 Å². The fraction of sp³-hybridized carbons (Fsp3) is 0. The Balaban J connectivity index is 0.00000225. The van der Waals surface area contributed by atoms with Crippen LogP contribution in [0, 0.1) is 30.9 Å². The summed E-state index contributed by atoms with van der Waals surface area (Å²) < 4.78 is 0. The van der Waals surface area contributed by atoms with Gasteiger partial charge in [0.2, 0.25) is 0 Å². The number of non-ortho nitro benzene ring substituents is 1. The number of nitrogens with zero attached hydrogens (tertiary/aromatic N) is 3. The molecule has 1 rings (SSSR count). The molecule has 0 saturated heterocycles. The molecule has 7 nitrogen and oxygen atoms in total. The van der Waals surface area contributed by atoms with Crippen LogP contribution in [-0.2, 0) is 0 Å². The van der Waals surface area contributed by atoms with Crippen LogP contribution in [0.1, 0.15) is 1.43 Å². The average molecular weight is 226 g/mol. The SMILES string of the molecule is N#CSc1ccc([N+](=O)[O-])cc1[N+](=O)[O-].[H+]. The highest BCUT2D eigenvalue weighted by atomic mass is 32.2. The Hall–Kier alpha value is -2.14. The number of nitro groups is 2. The minimum atomic E-state index is -0.757. The lowest BCUT2D eigenvalue weighted by Crippen LogP contribution is -1.93. The lowest BCUT2D eigenvalue weighted by molar-refractivity contribution is -0.396. The van der Waals surface area contributed by atoms with Crippen LogP contribution in [0.25, 0.3) is 0 Å². The van der Waals surface area contributed by atoms with Crippen LogP contribution in [-0.4, -0.2) is 9.85 Å². The van der Waals surface area contributed by atoms with Gasteiger partial charge in [-0.3, -0.25) is 20.2 Å². The van der Waals surface area contributed by atoms with Crippen molar-refractivity contribution in [3.8, 4) is 5.40 Å². The number of hydrogen-bond donors (Lipinski definition) is 0. The van der Waals surface area contributed by atoms with Gasteiger partial charge in [-0.05, 0) is 17.8 Å². The predicted octanol–water partition coefficient (Wildman–Crippen LogP) is 2.19.